The molecule has 0 aromatic heterocycles. The zero-order valence-electron chi connectivity index (χ0n) is 13.4. The summed E-state index contributed by atoms with van der Waals surface area (Å²) in [5.74, 6) is 0.0163. The first-order chi connectivity index (χ1) is 10.4. The summed E-state index contributed by atoms with van der Waals surface area (Å²) in [6.45, 7) is 4.20. The molecule has 122 valence electrons. The van der Waals surface area contributed by atoms with Crippen molar-refractivity contribution >= 4 is 5.91 Å². The molecular formula is C17H25FN2O2. The van der Waals surface area contributed by atoms with E-state index in [0.717, 1.165) is 18.4 Å². The van der Waals surface area contributed by atoms with Gasteiger partial charge in [0.25, 0.3) is 0 Å². The number of hydrogen-bond donors (Lipinski definition) is 2. The van der Waals surface area contributed by atoms with Gasteiger partial charge in [0, 0.05) is 6.54 Å². The number of hydrogen-bond acceptors (Lipinski definition) is 3. The first kappa shape index (κ1) is 16.9. The largest absolute Gasteiger partial charge is 0.392 e. The Labute approximate surface area is 131 Å². The van der Waals surface area contributed by atoms with Crippen molar-refractivity contribution in [2.75, 3.05) is 13.6 Å². The Morgan fingerprint density at radius 3 is 2.50 bits per heavy atom. The number of carbonyl (C=O) groups excluding carboxylic acids is 1. The molecule has 2 rings (SSSR count). The number of halogens is 1. The second-order valence-corrected chi connectivity index (χ2v) is 6.30. The maximum atomic E-state index is 12.9. The topological polar surface area (TPSA) is 52.6 Å². The molecule has 0 spiro atoms. The minimum Gasteiger partial charge on any atom is -0.392 e. The lowest BCUT2D eigenvalue weighted by Crippen LogP contribution is -2.46. The number of nitrogens with zero attached hydrogens (tertiary/aromatic N) is 1. The predicted octanol–water partition coefficient (Wildman–Crippen LogP) is 2.09. The first-order valence-corrected chi connectivity index (χ1v) is 7.82. The monoisotopic (exact) mass is 308 g/mol. The van der Waals surface area contributed by atoms with Crippen LogP contribution in [-0.4, -0.2) is 41.7 Å². The zero-order chi connectivity index (χ0) is 16.3. The highest BCUT2D eigenvalue weighted by Crippen LogP contribution is 2.32. The molecule has 1 aromatic rings. The molecule has 3 atom stereocenters. The van der Waals surface area contributed by atoms with Gasteiger partial charge in [0.2, 0.25) is 5.91 Å². The number of amides is 1. The molecule has 2 N–H and O–H groups in total. The van der Waals surface area contributed by atoms with Gasteiger partial charge in [-0.25, -0.2) is 4.39 Å². The predicted molar refractivity (Wildman–Crippen MR) is 83.8 cm³/mol. The minimum atomic E-state index is -0.352. The molecule has 0 radical (unpaired) electrons. The van der Waals surface area contributed by atoms with Crippen LogP contribution in [0.15, 0.2) is 24.3 Å². The van der Waals surface area contributed by atoms with Gasteiger partial charge in [-0.1, -0.05) is 12.1 Å². The van der Waals surface area contributed by atoms with E-state index in [-0.39, 0.29) is 29.9 Å². The van der Waals surface area contributed by atoms with Crippen LogP contribution < -0.4 is 5.32 Å². The van der Waals surface area contributed by atoms with Crippen molar-refractivity contribution in [2.24, 2.45) is 5.92 Å². The van der Waals surface area contributed by atoms with Crippen molar-refractivity contribution in [3.05, 3.63) is 35.6 Å². The fourth-order valence-electron chi connectivity index (χ4n) is 2.45. The Morgan fingerprint density at radius 1 is 1.36 bits per heavy atom. The smallest absolute Gasteiger partial charge is 0.237 e. The number of rotatable bonds is 7. The molecule has 0 heterocycles. The molecule has 0 bridgehead atoms. The standard InChI is InChI=1S/C17H25FN2O2/c1-11(13-6-8-15(18)9-7-13)19-17(22)12(2)20(3)10-16(21)14-4-5-14/h6-9,11-12,14,16,21H,4-5,10H2,1-3H3,(H,19,22). The van der Waals surface area contributed by atoms with Crippen molar-refractivity contribution in [1.82, 2.24) is 10.2 Å². The average molecular weight is 308 g/mol. The highest BCUT2D eigenvalue weighted by atomic mass is 19.1. The van der Waals surface area contributed by atoms with Gasteiger partial charge >= 0.3 is 0 Å². The summed E-state index contributed by atoms with van der Waals surface area (Å²) in [5, 5.41) is 12.9. The Balaban J connectivity index is 1.85. The Morgan fingerprint density at radius 2 is 1.95 bits per heavy atom. The van der Waals surface area contributed by atoms with Gasteiger partial charge in [-0.2, -0.15) is 0 Å². The molecule has 3 unspecified atom stereocenters. The molecule has 1 aromatic carbocycles. The van der Waals surface area contributed by atoms with Gasteiger partial charge < -0.3 is 10.4 Å². The molecule has 1 aliphatic carbocycles. The molecule has 0 aliphatic heterocycles. The van der Waals surface area contributed by atoms with E-state index in [0.29, 0.717) is 12.5 Å². The number of aliphatic hydroxyl groups is 1. The third-order valence-corrected chi connectivity index (χ3v) is 4.41. The van der Waals surface area contributed by atoms with Crippen LogP contribution in [0.3, 0.4) is 0 Å². The van der Waals surface area contributed by atoms with Crippen LogP contribution in [0.5, 0.6) is 0 Å². The molecule has 0 saturated heterocycles. The molecule has 4 nitrogen and oxygen atoms in total. The van der Waals surface area contributed by atoms with E-state index in [4.69, 9.17) is 0 Å². The van der Waals surface area contributed by atoms with E-state index in [1.54, 1.807) is 12.1 Å². The highest BCUT2D eigenvalue weighted by molar-refractivity contribution is 5.81. The number of benzene rings is 1. The van der Waals surface area contributed by atoms with Gasteiger partial charge in [-0.3, -0.25) is 9.69 Å². The third-order valence-electron chi connectivity index (χ3n) is 4.41. The zero-order valence-corrected chi connectivity index (χ0v) is 13.4. The average Bonchev–Trinajstić information content (AvgIpc) is 3.31. The van der Waals surface area contributed by atoms with Crippen LogP contribution in [0, 0.1) is 11.7 Å². The number of aliphatic hydroxyl groups excluding tert-OH is 1. The Kier molecular flexibility index (Phi) is 5.53. The number of nitrogens with one attached hydrogen (secondary N) is 1. The minimum absolute atomic E-state index is 0.0951. The molecule has 5 heteroatoms. The first-order valence-electron chi connectivity index (χ1n) is 7.82. The lowest BCUT2D eigenvalue weighted by molar-refractivity contribution is -0.126. The summed E-state index contributed by atoms with van der Waals surface area (Å²) in [4.78, 5) is 14.2. The summed E-state index contributed by atoms with van der Waals surface area (Å²) in [6, 6.07) is 5.62. The van der Waals surface area contributed by atoms with Crippen molar-refractivity contribution < 1.29 is 14.3 Å². The molecular weight excluding hydrogens is 283 g/mol. The van der Waals surface area contributed by atoms with Gasteiger partial charge in [-0.05, 0) is 57.4 Å². The van der Waals surface area contributed by atoms with Crippen LogP contribution in [0.1, 0.15) is 38.3 Å². The normalized spacial score (nSPS) is 18.8. The summed E-state index contributed by atoms with van der Waals surface area (Å²) in [6.07, 6.45) is 1.81. The summed E-state index contributed by atoms with van der Waals surface area (Å²) in [7, 11) is 1.85. The Bertz CT molecular complexity index is 502. The maximum absolute atomic E-state index is 12.9. The molecule has 1 amide bonds. The molecule has 1 fully saturated rings. The SMILES string of the molecule is CC(NC(=O)C(C)N(C)CC(O)C1CC1)c1ccc(F)cc1. The second-order valence-electron chi connectivity index (χ2n) is 6.30. The van der Waals surface area contributed by atoms with Gasteiger partial charge in [0.15, 0.2) is 0 Å². The highest BCUT2D eigenvalue weighted by Gasteiger charge is 2.32. The van der Waals surface area contributed by atoms with Crippen LogP contribution in [0.4, 0.5) is 4.39 Å². The van der Waals surface area contributed by atoms with E-state index in [9.17, 15) is 14.3 Å². The maximum Gasteiger partial charge on any atom is 0.237 e. The van der Waals surface area contributed by atoms with Crippen LogP contribution >= 0.6 is 0 Å². The quantitative estimate of drug-likeness (QED) is 0.811. The van der Waals surface area contributed by atoms with Gasteiger partial charge in [0.05, 0.1) is 18.2 Å². The van der Waals surface area contributed by atoms with E-state index in [1.165, 1.54) is 12.1 Å². The fraction of sp³-hybridized carbons (Fsp3) is 0.588. The lowest BCUT2D eigenvalue weighted by Gasteiger charge is -2.27. The summed E-state index contributed by atoms with van der Waals surface area (Å²) in [5.41, 5.74) is 0.864. The van der Waals surface area contributed by atoms with Crippen LogP contribution in [-0.2, 0) is 4.79 Å². The molecule has 1 aliphatic rings. The molecule has 22 heavy (non-hydrogen) atoms. The van der Waals surface area contributed by atoms with Crippen LogP contribution in [0.2, 0.25) is 0 Å². The summed E-state index contributed by atoms with van der Waals surface area (Å²) < 4.78 is 12.9. The number of carbonyl (C=O) groups is 1. The number of likely N-dealkylation sites (N-methyl/N-ethyl adjacent to an activating group) is 1. The molecule has 1 saturated carbocycles. The second kappa shape index (κ2) is 7.20. The van der Waals surface area contributed by atoms with Crippen molar-refractivity contribution in [2.45, 2.75) is 44.9 Å². The van der Waals surface area contributed by atoms with E-state index in [1.807, 2.05) is 25.8 Å². The van der Waals surface area contributed by atoms with E-state index < -0.39 is 0 Å². The third kappa shape index (κ3) is 4.52. The van der Waals surface area contributed by atoms with Crippen molar-refractivity contribution in [3.8, 4) is 0 Å². The fourth-order valence-corrected chi connectivity index (χ4v) is 2.45. The summed E-state index contributed by atoms with van der Waals surface area (Å²) >= 11 is 0. The van der Waals surface area contributed by atoms with Gasteiger partial charge in [-0.15, -0.1) is 0 Å². The van der Waals surface area contributed by atoms with Crippen LogP contribution in [0.25, 0.3) is 0 Å². The van der Waals surface area contributed by atoms with Crippen molar-refractivity contribution in [1.29, 1.82) is 0 Å². The van der Waals surface area contributed by atoms with Gasteiger partial charge in [0.1, 0.15) is 5.82 Å². The van der Waals surface area contributed by atoms with E-state index >= 15 is 0 Å². The Hall–Kier alpha value is -1.46. The lowest BCUT2D eigenvalue weighted by atomic mass is 10.1. The van der Waals surface area contributed by atoms with Crippen molar-refractivity contribution in [3.63, 3.8) is 0 Å². The van der Waals surface area contributed by atoms with E-state index in [2.05, 4.69) is 5.32 Å².